The van der Waals surface area contributed by atoms with Gasteiger partial charge in [-0.1, -0.05) is 24.3 Å². The summed E-state index contributed by atoms with van der Waals surface area (Å²) in [5, 5.41) is 8.46. The van der Waals surface area contributed by atoms with E-state index in [1.54, 1.807) is 14.2 Å². The highest BCUT2D eigenvalue weighted by molar-refractivity contribution is 6.00. The molecule has 0 heterocycles. The molecule has 0 aromatic heterocycles. The number of carbonyl (C=O) groups is 2. The summed E-state index contributed by atoms with van der Waals surface area (Å²) >= 11 is 0. The van der Waals surface area contributed by atoms with E-state index in [1.807, 2.05) is 48.5 Å². The maximum atomic E-state index is 12.4. The molecule has 0 radical (unpaired) electrons. The quantitative estimate of drug-likeness (QED) is 0.411. The first kappa shape index (κ1) is 22.8. The minimum absolute atomic E-state index is 0.159. The van der Waals surface area contributed by atoms with Crippen LogP contribution in [0.1, 0.15) is 11.1 Å². The molecule has 5 N–H and O–H groups in total. The Balaban J connectivity index is 2.00. The van der Waals surface area contributed by atoms with Crippen molar-refractivity contribution >= 4 is 11.8 Å². The fourth-order valence-electron chi connectivity index (χ4n) is 2.53. The molecule has 0 aliphatic rings. The average Bonchev–Trinajstić information content (AvgIpc) is 2.79. The van der Waals surface area contributed by atoms with Gasteiger partial charge in [0, 0.05) is 32.3 Å². The topological polar surface area (TPSA) is 115 Å². The highest BCUT2D eigenvalue weighted by atomic mass is 16.5. The van der Waals surface area contributed by atoms with E-state index in [-0.39, 0.29) is 11.6 Å². The largest absolute Gasteiger partial charge is 0.497 e. The second-order valence-electron chi connectivity index (χ2n) is 6.37. The minimum atomic E-state index is -0.395. The van der Waals surface area contributed by atoms with Gasteiger partial charge in [-0.25, -0.2) is 0 Å². The summed E-state index contributed by atoms with van der Waals surface area (Å²) in [7, 11) is 3.19. The summed E-state index contributed by atoms with van der Waals surface area (Å²) in [6.07, 6.45) is 1.25. The molecule has 0 saturated carbocycles. The predicted octanol–water partition coefficient (Wildman–Crippen LogP) is 1.07. The van der Waals surface area contributed by atoms with Crippen molar-refractivity contribution in [2.75, 3.05) is 27.3 Å². The summed E-state index contributed by atoms with van der Waals surface area (Å²) in [4.78, 5) is 24.7. The lowest BCUT2D eigenvalue weighted by Gasteiger charge is -2.12. The molecule has 30 heavy (non-hydrogen) atoms. The van der Waals surface area contributed by atoms with Crippen LogP contribution in [0.4, 0.5) is 0 Å². The highest BCUT2D eigenvalue weighted by Crippen LogP contribution is 2.12. The molecular weight excluding hydrogens is 384 g/mol. The monoisotopic (exact) mass is 412 g/mol. The first-order chi connectivity index (χ1) is 14.5. The summed E-state index contributed by atoms with van der Waals surface area (Å²) in [5.41, 5.74) is 7.46. The van der Waals surface area contributed by atoms with Crippen molar-refractivity contribution in [1.82, 2.24) is 16.0 Å². The molecule has 0 spiro atoms. The fraction of sp³-hybridized carbons (Fsp3) is 0.273. The first-order valence-corrected chi connectivity index (χ1v) is 9.53. The van der Waals surface area contributed by atoms with Gasteiger partial charge < -0.3 is 31.2 Å². The third-order valence-electron chi connectivity index (χ3n) is 4.22. The number of carbonyl (C=O) groups excluding carboxylic acids is 2. The molecule has 0 bridgehead atoms. The standard InChI is InChI=1S/C22H28N4O4/c1-29-18-7-3-16(4-8-18)14-25-20(22(28)24-12-11-23)13-21(27)26-15-17-5-9-19(30-2)10-6-17/h3-10,13,25H,11-12,14-15,23H2,1-2H3,(H,24,28)(H,26,27)/b20-13-. The number of nitrogens with one attached hydrogen (secondary N) is 3. The molecule has 0 fully saturated rings. The third kappa shape index (κ3) is 7.48. The molecule has 160 valence electrons. The van der Waals surface area contributed by atoms with Gasteiger partial charge in [-0.3, -0.25) is 9.59 Å². The van der Waals surface area contributed by atoms with E-state index in [4.69, 9.17) is 15.2 Å². The van der Waals surface area contributed by atoms with Gasteiger partial charge >= 0.3 is 0 Å². The van der Waals surface area contributed by atoms with Crippen LogP contribution in [-0.4, -0.2) is 39.1 Å². The lowest BCUT2D eigenvalue weighted by molar-refractivity contribution is -0.119. The molecule has 2 rings (SSSR count). The Morgan fingerprint density at radius 3 is 1.80 bits per heavy atom. The van der Waals surface area contributed by atoms with Crippen molar-refractivity contribution in [3.8, 4) is 11.5 Å². The van der Waals surface area contributed by atoms with Gasteiger partial charge in [0.05, 0.1) is 14.2 Å². The Hall–Kier alpha value is -3.52. The van der Waals surface area contributed by atoms with E-state index >= 15 is 0 Å². The number of ether oxygens (including phenoxy) is 2. The minimum Gasteiger partial charge on any atom is -0.497 e. The number of rotatable bonds is 11. The van der Waals surface area contributed by atoms with Crippen LogP contribution in [0.15, 0.2) is 60.3 Å². The normalized spacial score (nSPS) is 10.8. The van der Waals surface area contributed by atoms with Crippen molar-refractivity contribution in [2.24, 2.45) is 5.73 Å². The van der Waals surface area contributed by atoms with Crippen LogP contribution in [0.25, 0.3) is 0 Å². The molecule has 0 saturated heterocycles. The van der Waals surface area contributed by atoms with Crippen molar-refractivity contribution in [1.29, 1.82) is 0 Å². The highest BCUT2D eigenvalue weighted by Gasteiger charge is 2.11. The first-order valence-electron chi connectivity index (χ1n) is 9.53. The van der Waals surface area contributed by atoms with Crippen LogP contribution < -0.4 is 31.2 Å². The lowest BCUT2D eigenvalue weighted by Crippen LogP contribution is -2.36. The van der Waals surface area contributed by atoms with E-state index in [0.717, 1.165) is 22.6 Å². The van der Waals surface area contributed by atoms with Crippen LogP contribution in [0.2, 0.25) is 0 Å². The van der Waals surface area contributed by atoms with E-state index in [9.17, 15) is 9.59 Å². The zero-order valence-electron chi connectivity index (χ0n) is 17.2. The summed E-state index contributed by atoms with van der Waals surface area (Å²) in [6.45, 7) is 1.32. The Bertz CT molecular complexity index is 848. The van der Waals surface area contributed by atoms with Gasteiger partial charge in [0.25, 0.3) is 5.91 Å². The van der Waals surface area contributed by atoms with Gasteiger partial charge in [-0.05, 0) is 35.4 Å². The maximum absolute atomic E-state index is 12.4. The number of hydrogen-bond donors (Lipinski definition) is 4. The van der Waals surface area contributed by atoms with E-state index in [2.05, 4.69) is 16.0 Å². The summed E-state index contributed by atoms with van der Waals surface area (Å²) in [6, 6.07) is 14.8. The Labute approximate surface area is 176 Å². The Kier molecular flexibility index (Phi) is 9.20. The Morgan fingerprint density at radius 1 is 0.833 bits per heavy atom. The molecule has 0 unspecified atom stereocenters. The van der Waals surface area contributed by atoms with E-state index < -0.39 is 5.91 Å². The Morgan fingerprint density at radius 2 is 1.33 bits per heavy atom. The number of hydrogen-bond acceptors (Lipinski definition) is 6. The van der Waals surface area contributed by atoms with Gasteiger partial charge in [-0.2, -0.15) is 0 Å². The molecule has 2 amide bonds. The molecule has 8 heteroatoms. The van der Waals surface area contributed by atoms with E-state index in [1.165, 1.54) is 6.08 Å². The number of benzene rings is 2. The second-order valence-corrected chi connectivity index (χ2v) is 6.37. The van der Waals surface area contributed by atoms with Crippen molar-refractivity contribution < 1.29 is 19.1 Å². The summed E-state index contributed by atoms with van der Waals surface area (Å²) < 4.78 is 10.3. The predicted molar refractivity (Wildman–Crippen MR) is 115 cm³/mol. The molecule has 0 atom stereocenters. The van der Waals surface area contributed by atoms with Crippen molar-refractivity contribution in [3.63, 3.8) is 0 Å². The number of amides is 2. The van der Waals surface area contributed by atoms with Crippen LogP contribution in [0.5, 0.6) is 11.5 Å². The van der Waals surface area contributed by atoms with Crippen LogP contribution in [0, 0.1) is 0 Å². The second kappa shape index (κ2) is 12.1. The summed E-state index contributed by atoms with van der Waals surface area (Å²) in [5.74, 6) is 0.708. The average molecular weight is 412 g/mol. The van der Waals surface area contributed by atoms with Crippen molar-refractivity contribution in [3.05, 3.63) is 71.4 Å². The molecule has 2 aromatic rings. The third-order valence-corrected chi connectivity index (χ3v) is 4.22. The van der Waals surface area contributed by atoms with Gasteiger partial charge in [0.1, 0.15) is 17.2 Å². The number of nitrogens with two attached hydrogens (primary N) is 1. The zero-order valence-corrected chi connectivity index (χ0v) is 17.2. The van der Waals surface area contributed by atoms with Gasteiger partial charge in [0.2, 0.25) is 5.91 Å². The SMILES string of the molecule is COc1ccc(CNC(=O)/C=C(\NCc2ccc(OC)cc2)C(=O)NCCN)cc1. The molecule has 2 aromatic carbocycles. The molecule has 8 nitrogen and oxygen atoms in total. The van der Waals surface area contributed by atoms with Gasteiger partial charge in [-0.15, -0.1) is 0 Å². The maximum Gasteiger partial charge on any atom is 0.267 e. The van der Waals surface area contributed by atoms with Crippen LogP contribution >= 0.6 is 0 Å². The molecular formula is C22H28N4O4. The fourth-order valence-corrected chi connectivity index (χ4v) is 2.53. The zero-order chi connectivity index (χ0) is 21.8. The van der Waals surface area contributed by atoms with Crippen LogP contribution in [0.3, 0.4) is 0 Å². The smallest absolute Gasteiger partial charge is 0.267 e. The van der Waals surface area contributed by atoms with Crippen LogP contribution in [-0.2, 0) is 22.7 Å². The number of methoxy groups -OCH3 is 2. The molecule has 0 aliphatic heterocycles. The lowest BCUT2D eigenvalue weighted by atomic mass is 10.2. The van der Waals surface area contributed by atoms with Gasteiger partial charge in [0.15, 0.2) is 0 Å². The molecule has 0 aliphatic carbocycles. The van der Waals surface area contributed by atoms with E-state index in [0.29, 0.717) is 26.2 Å². The van der Waals surface area contributed by atoms with Crippen molar-refractivity contribution in [2.45, 2.75) is 13.1 Å².